The highest BCUT2D eigenvalue weighted by Gasteiger charge is 2.43. The van der Waals surface area contributed by atoms with Crippen LogP contribution in [0.4, 0.5) is 0 Å². The number of carbonyl (C=O) groups is 2. The van der Waals surface area contributed by atoms with Crippen molar-refractivity contribution in [3.05, 3.63) is 69.2 Å². The number of carbonyl (C=O) groups excluding carboxylic acids is 1. The van der Waals surface area contributed by atoms with E-state index < -0.39 is 17.4 Å². The normalized spacial score (nSPS) is 19.9. The van der Waals surface area contributed by atoms with E-state index in [-0.39, 0.29) is 5.91 Å². The molecule has 2 aromatic rings. The highest BCUT2D eigenvalue weighted by molar-refractivity contribution is 7.99. The predicted octanol–water partition coefficient (Wildman–Crippen LogP) is 4.64. The van der Waals surface area contributed by atoms with Gasteiger partial charge in [0.1, 0.15) is 11.4 Å². The summed E-state index contributed by atoms with van der Waals surface area (Å²) in [5.74, 6) is -0.999. The molecule has 7 heteroatoms. The van der Waals surface area contributed by atoms with Gasteiger partial charge in [-0.05, 0) is 36.2 Å². The summed E-state index contributed by atoms with van der Waals surface area (Å²) in [5.41, 5.74) is 2.06. The fraction of sp³-hybridized carbons (Fsp3) is 0.222. The van der Waals surface area contributed by atoms with Gasteiger partial charge < -0.3 is 10.0 Å². The van der Waals surface area contributed by atoms with Crippen LogP contribution in [0.15, 0.2) is 42.5 Å². The third-order valence-electron chi connectivity index (χ3n) is 4.12. The van der Waals surface area contributed by atoms with Crippen LogP contribution in [0.1, 0.15) is 26.9 Å². The molecule has 1 aliphatic heterocycles. The minimum absolute atomic E-state index is 0.299. The lowest BCUT2D eigenvalue weighted by Crippen LogP contribution is -2.43. The van der Waals surface area contributed by atoms with Gasteiger partial charge >= 0.3 is 5.97 Å². The Labute approximate surface area is 159 Å². The summed E-state index contributed by atoms with van der Waals surface area (Å²) in [6.07, 6.45) is 0. The molecular weight excluding hydrogens is 381 g/mol. The second kappa shape index (κ2) is 7.28. The summed E-state index contributed by atoms with van der Waals surface area (Å²) in [6, 6.07) is 11.4. The molecule has 1 fully saturated rings. The van der Waals surface area contributed by atoms with Crippen molar-refractivity contribution in [1.29, 1.82) is 0 Å². The summed E-state index contributed by atoms with van der Waals surface area (Å²) in [5, 5.41) is 9.92. The highest BCUT2D eigenvalue weighted by atomic mass is 35.5. The van der Waals surface area contributed by atoms with Crippen LogP contribution in [0, 0.1) is 6.92 Å². The van der Waals surface area contributed by atoms with Crippen LogP contribution in [0.3, 0.4) is 0 Å². The molecule has 130 valence electrons. The molecule has 1 amide bonds. The molecule has 2 atom stereocenters. The minimum atomic E-state index is -1.02. The van der Waals surface area contributed by atoms with Crippen molar-refractivity contribution in [2.24, 2.45) is 0 Å². The van der Waals surface area contributed by atoms with Crippen LogP contribution in [-0.4, -0.2) is 33.7 Å². The molecule has 0 radical (unpaired) electrons. The molecular formula is C18H15Cl2NO3S. The average Bonchev–Trinajstić information content (AvgIpc) is 3.02. The van der Waals surface area contributed by atoms with Crippen LogP contribution in [-0.2, 0) is 4.79 Å². The lowest BCUT2D eigenvalue weighted by molar-refractivity contribution is -0.141. The Morgan fingerprint density at radius 3 is 2.52 bits per heavy atom. The van der Waals surface area contributed by atoms with E-state index in [0.29, 0.717) is 21.4 Å². The molecule has 1 aliphatic rings. The Hall–Kier alpha value is -1.69. The zero-order valence-electron chi connectivity index (χ0n) is 13.3. The van der Waals surface area contributed by atoms with Gasteiger partial charge in [-0.15, -0.1) is 11.8 Å². The molecule has 2 aromatic carbocycles. The number of carboxylic acids is 1. The number of rotatable bonds is 3. The number of amides is 1. The summed E-state index contributed by atoms with van der Waals surface area (Å²) >= 11 is 13.5. The number of nitrogens with zero attached hydrogens (tertiary/aromatic N) is 1. The highest BCUT2D eigenvalue weighted by Crippen LogP contribution is 2.43. The number of thioether (sulfide) groups is 1. The van der Waals surface area contributed by atoms with Crippen molar-refractivity contribution in [1.82, 2.24) is 4.90 Å². The van der Waals surface area contributed by atoms with Gasteiger partial charge in [0.15, 0.2) is 0 Å². The number of aryl methyl sites for hydroxylation is 1. The SMILES string of the molecule is Cc1ccccc1C(=O)N1[C@H](C(=O)O)CS[C@H]1c1ccc(Cl)c(Cl)c1. The van der Waals surface area contributed by atoms with E-state index >= 15 is 0 Å². The second-order valence-electron chi connectivity index (χ2n) is 5.74. The molecule has 0 aliphatic carbocycles. The predicted molar refractivity (Wildman–Crippen MR) is 100 cm³/mol. The summed E-state index contributed by atoms with van der Waals surface area (Å²) in [7, 11) is 0. The van der Waals surface area contributed by atoms with Crippen molar-refractivity contribution in [2.75, 3.05) is 5.75 Å². The fourth-order valence-electron chi connectivity index (χ4n) is 2.82. The fourth-order valence-corrected chi connectivity index (χ4v) is 4.54. The number of hydrogen-bond acceptors (Lipinski definition) is 3. The van der Waals surface area contributed by atoms with Crippen molar-refractivity contribution < 1.29 is 14.7 Å². The summed E-state index contributed by atoms with van der Waals surface area (Å²) in [6.45, 7) is 1.83. The van der Waals surface area contributed by atoms with Crippen LogP contribution in [0.5, 0.6) is 0 Å². The second-order valence-corrected chi connectivity index (χ2v) is 7.67. The Morgan fingerprint density at radius 2 is 1.88 bits per heavy atom. The third-order valence-corrected chi connectivity index (χ3v) is 6.19. The van der Waals surface area contributed by atoms with E-state index in [1.165, 1.54) is 16.7 Å². The van der Waals surface area contributed by atoms with Gasteiger partial charge in [0.2, 0.25) is 0 Å². The zero-order valence-corrected chi connectivity index (χ0v) is 15.6. The largest absolute Gasteiger partial charge is 0.480 e. The first-order valence-electron chi connectivity index (χ1n) is 7.58. The van der Waals surface area contributed by atoms with Crippen LogP contribution < -0.4 is 0 Å². The molecule has 0 aromatic heterocycles. The molecule has 0 bridgehead atoms. The summed E-state index contributed by atoms with van der Waals surface area (Å²) < 4.78 is 0. The van der Waals surface area contributed by atoms with E-state index in [0.717, 1.165) is 11.1 Å². The van der Waals surface area contributed by atoms with E-state index in [9.17, 15) is 14.7 Å². The number of hydrogen-bond donors (Lipinski definition) is 1. The molecule has 0 unspecified atom stereocenters. The smallest absolute Gasteiger partial charge is 0.327 e. The van der Waals surface area contributed by atoms with Crippen molar-refractivity contribution in [3.8, 4) is 0 Å². The van der Waals surface area contributed by atoms with E-state index in [1.807, 2.05) is 19.1 Å². The molecule has 0 spiro atoms. The van der Waals surface area contributed by atoms with Crippen LogP contribution >= 0.6 is 35.0 Å². The van der Waals surface area contributed by atoms with E-state index in [2.05, 4.69) is 0 Å². The number of carboxylic acid groups (broad SMARTS) is 1. The Bertz CT molecular complexity index is 843. The number of benzene rings is 2. The van der Waals surface area contributed by atoms with E-state index in [1.54, 1.807) is 30.3 Å². The molecule has 1 N–H and O–H groups in total. The minimum Gasteiger partial charge on any atom is -0.480 e. The first-order valence-corrected chi connectivity index (χ1v) is 9.38. The maximum Gasteiger partial charge on any atom is 0.327 e. The number of halogens is 2. The van der Waals surface area contributed by atoms with Gasteiger partial charge in [0.05, 0.1) is 10.0 Å². The molecule has 25 heavy (non-hydrogen) atoms. The molecule has 3 rings (SSSR count). The quantitative estimate of drug-likeness (QED) is 0.821. The Balaban J connectivity index is 2.03. The topological polar surface area (TPSA) is 57.6 Å². The molecule has 4 nitrogen and oxygen atoms in total. The van der Waals surface area contributed by atoms with Crippen LogP contribution in [0.2, 0.25) is 10.0 Å². The van der Waals surface area contributed by atoms with Gasteiger partial charge in [-0.25, -0.2) is 4.79 Å². The summed E-state index contributed by atoms with van der Waals surface area (Å²) in [4.78, 5) is 26.2. The van der Waals surface area contributed by atoms with E-state index in [4.69, 9.17) is 23.2 Å². The standard InChI is InChI=1S/C18H15Cl2NO3S/c1-10-4-2-3-5-12(10)16(22)21-15(18(23)24)9-25-17(21)11-6-7-13(19)14(20)8-11/h2-8,15,17H,9H2,1H3,(H,23,24)/t15-,17-/m0/s1. The third kappa shape index (κ3) is 3.50. The van der Waals surface area contributed by atoms with Gasteiger partial charge in [0, 0.05) is 11.3 Å². The lowest BCUT2D eigenvalue weighted by Gasteiger charge is -2.28. The maximum absolute atomic E-state index is 13.1. The van der Waals surface area contributed by atoms with Gasteiger partial charge in [-0.1, -0.05) is 47.5 Å². The first kappa shape index (κ1) is 18.1. The maximum atomic E-state index is 13.1. The van der Waals surface area contributed by atoms with Gasteiger partial charge in [-0.3, -0.25) is 4.79 Å². The van der Waals surface area contributed by atoms with Gasteiger partial charge in [-0.2, -0.15) is 0 Å². The average molecular weight is 396 g/mol. The van der Waals surface area contributed by atoms with Crippen molar-refractivity contribution >= 4 is 46.8 Å². The Morgan fingerprint density at radius 1 is 1.16 bits per heavy atom. The monoisotopic (exact) mass is 395 g/mol. The number of aliphatic carboxylic acids is 1. The van der Waals surface area contributed by atoms with Crippen molar-refractivity contribution in [3.63, 3.8) is 0 Å². The Kier molecular flexibility index (Phi) is 5.27. The van der Waals surface area contributed by atoms with Gasteiger partial charge in [0.25, 0.3) is 5.91 Å². The molecule has 1 saturated heterocycles. The first-order chi connectivity index (χ1) is 11.9. The lowest BCUT2D eigenvalue weighted by atomic mass is 10.1. The van der Waals surface area contributed by atoms with Crippen molar-refractivity contribution in [2.45, 2.75) is 18.3 Å². The van der Waals surface area contributed by atoms with Crippen LogP contribution in [0.25, 0.3) is 0 Å². The molecule has 0 saturated carbocycles. The zero-order chi connectivity index (χ0) is 18.1. The molecule has 1 heterocycles.